The van der Waals surface area contributed by atoms with Crippen molar-refractivity contribution in [2.24, 2.45) is 0 Å². The zero-order chi connectivity index (χ0) is 80.3. The number of allylic oxidation sites excluding steroid dienone is 6. The molecule has 3 aliphatic rings. The van der Waals surface area contributed by atoms with Crippen molar-refractivity contribution < 1.29 is 89.4 Å². The molecule has 0 aliphatic carbocycles. The topological polar surface area (TPSA) is 307 Å². The van der Waals surface area contributed by atoms with Crippen molar-refractivity contribution in [3.63, 3.8) is 0 Å². The Labute approximate surface area is 676 Å². The summed E-state index contributed by atoms with van der Waals surface area (Å²) in [4.78, 5) is 13.6. The summed E-state index contributed by atoms with van der Waals surface area (Å²) >= 11 is 0. The molecule has 0 aromatic carbocycles. The second-order valence-corrected chi connectivity index (χ2v) is 33.5. The third kappa shape index (κ3) is 50.5. The molecule has 19 nitrogen and oxygen atoms in total. The van der Waals surface area contributed by atoms with E-state index in [1.807, 2.05) is 0 Å². The van der Waals surface area contributed by atoms with E-state index in [0.29, 0.717) is 12.8 Å². The van der Waals surface area contributed by atoms with Gasteiger partial charge in [0, 0.05) is 6.42 Å². The lowest BCUT2D eigenvalue weighted by Gasteiger charge is -2.48. The molecule has 0 saturated carbocycles. The molecule has 0 bridgehead atoms. The molecule has 3 heterocycles. The van der Waals surface area contributed by atoms with Crippen LogP contribution in [0.15, 0.2) is 36.5 Å². The number of rotatable bonds is 77. The van der Waals surface area contributed by atoms with Gasteiger partial charge < -0.3 is 89.9 Å². The van der Waals surface area contributed by atoms with Crippen LogP contribution in [0.5, 0.6) is 0 Å². The number of nitrogens with one attached hydrogen (secondary N) is 1. The van der Waals surface area contributed by atoms with Crippen LogP contribution in [-0.2, 0) is 33.2 Å². The zero-order valence-corrected chi connectivity index (χ0v) is 70.7. The van der Waals surface area contributed by atoms with E-state index in [1.54, 1.807) is 0 Å². The summed E-state index contributed by atoms with van der Waals surface area (Å²) in [5, 5.41) is 121. The Morgan fingerprint density at radius 2 is 0.595 bits per heavy atom. The minimum absolute atomic E-state index is 0.233. The lowest BCUT2D eigenvalue weighted by atomic mass is 9.96. The highest BCUT2D eigenvalue weighted by Crippen LogP contribution is 2.34. The van der Waals surface area contributed by atoms with Crippen molar-refractivity contribution in [1.29, 1.82) is 0 Å². The van der Waals surface area contributed by atoms with Gasteiger partial charge in [-0.2, -0.15) is 0 Å². The fraction of sp³-hybridized carbons (Fsp3) is 0.924. The van der Waals surface area contributed by atoms with E-state index < -0.39 is 124 Å². The molecule has 19 heteroatoms. The first-order valence-corrected chi connectivity index (χ1v) is 46.7. The molecule has 17 unspecified atom stereocenters. The fourth-order valence-corrected chi connectivity index (χ4v) is 16.0. The SMILES string of the molecule is CCCCCCC/C=C\C/C=C\C/C=C\CCCCCCCCCCCCCCCCCCCCCCCCCCC(=O)NC(COC1OC(CO)C(OC2OC(CO)C(OC3OC(CO)C(O)C(O)C3O)C(O)C2O)C(O)C1O)C(O)CCCCCCCCCCCCCCCCCCCCCCCCCCCCC. The molecule has 0 aromatic rings. The number of hydrogen-bond donors (Lipinski definition) is 12. The van der Waals surface area contributed by atoms with Crippen LogP contribution < -0.4 is 5.32 Å². The van der Waals surface area contributed by atoms with Gasteiger partial charge in [-0.15, -0.1) is 0 Å². The fourth-order valence-electron chi connectivity index (χ4n) is 16.0. The van der Waals surface area contributed by atoms with Gasteiger partial charge in [0.2, 0.25) is 5.91 Å². The molecule has 111 heavy (non-hydrogen) atoms. The number of aliphatic hydroxyl groups excluding tert-OH is 11. The average Bonchev–Trinajstić information content (AvgIpc) is 0.780. The van der Waals surface area contributed by atoms with Gasteiger partial charge in [-0.05, 0) is 51.4 Å². The molecule has 0 radical (unpaired) electrons. The van der Waals surface area contributed by atoms with Gasteiger partial charge in [0.15, 0.2) is 18.9 Å². The molecule has 3 fully saturated rings. The first kappa shape index (κ1) is 103. The Morgan fingerprint density at radius 3 is 0.928 bits per heavy atom. The number of amides is 1. The molecule has 0 spiro atoms. The number of unbranched alkanes of at least 4 members (excludes halogenated alkanes) is 55. The normalized spacial score (nSPS) is 25.1. The Bertz CT molecular complexity index is 2140. The predicted molar refractivity (Wildman–Crippen MR) is 448 cm³/mol. The van der Waals surface area contributed by atoms with Gasteiger partial charge in [0.25, 0.3) is 0 Å². The van der Waals surface area contributed by atoms with Crippen LogP contribution in [0.4, 0.5) is 0 Å². The van der Waals surface area contributed by atoms with Gasteiger partial charge in [0.1, 0.15) is 73.2 Å². The summed E-state index contributed by atoms with van der Waals surface area (Å²) in [6, 6.07) is -0.887. The highest BCUT2D eigenvalue weighted by Gasteiger charge is 2.54. The van der Waals surface area contributed by atoms with E-state index in [9.17, 15) is 61.0 Å². The molecule has 0 aromatic heterocycles. The van der Waals surface area contributed by atoms with Crippen molar-refractivity contribution in [1.82, 2.24) is 5.32 Å². The number of carbonyl (C=O) groups excluding carboxylic acids is 1. The second-order valence-electron chi connectivity index (χ2n) is 33.5. The first-order valence-electron chi connectivity index (χ1n) is 46.7. The van der Waals surface area contributed by atoms with Crippen molar-refractivity contribution in [3.05, 3.63) is 36.5 Å². The van der Waals surface area contributed by atoms with E-state index in [-0.39, 0.29) is 18.9 Å². The third-order valence-corrected chi connectivity index (χ3v) is 23.5. The van der Waals surface area contributed by atoms with Crippen LogP contribution >= 0.6 is 0 Å². The molecule has 1 amide bonds. The Hall–Kier alpha value is -1.99. The molecule has 17 atom stereocenters. The van der Waals surface area contributed by atoms with Crippen LogP contribution in [0.25, 0.3) is 0 Å². The third-order valence-electron chi connectivity index (χ3n) is 23.5. The summed E-state index contributed by atoms with van der Waals surface area (Å²) in [6.07, 6.45) is 65.5. The lowest BCUT2D eigenvalue weighted by Crippen LogP contribution is -2.66. The minimum Gasteiger partial charge on any atom is -0.394 e. The smallest absolute Gasteiger partial charge is 0.220 e. The molecular weight excluding hydrogens is 1410 g/mol. The summed E-state index contributed by atoms with van der Waals surface area (Å²) in [6.45, 7) is 1.86. The Kier molecular flexibility index (Phi) is 67.0. The second kappa shape index (κ2) is 72.1. The molecule has 3 aliphatic heterocycles. The van der Waals surface area contributed by atoms with E-state index in [0.717, 1.165) is 57.8 Å². The van der Waals surface area contributed by atoms with E-state index in [1.165, 1.54) is 321 Å². The molecule has 654 valence electrons. The molecule has 3 saturated heterocycles. The summed E-state index contributed by atoms with van der Waals surface area (Å²) in [5.74, 6) is -0.233. The Morgan fingerprint density at radius 1 is 0.324 bits per heavy atom. The van der Waals surface area contributed by atoms with Gasteiger partial charge in [-0.3, -0.25) is 4.79 Å². The van der Waals surface area contributed by atoms with E-state index in [2.05, 4.69) is 55.6 Å². The number of aliphatic hydroxyl groups is 11. The Balaban J connectivity index is 1.29. The van der Waals surface area contributed by atoms with E-state index >= 15 is 0 Å². The van der Waals surface area contributed by atoms with Gasteiger partial charge >= 0.3 is 0 Å². The average molecular weight is 1580 g/mol. The molecule has 12 N–H and O–H groups in total. The summed E-state index contributed by atoms with van der Waals surface area (Å²) in [5.41, 5.74) is 0. The van der Waals surface area contributed by atoms with Crippen LogP contribution in [0.2, 0.25) is 0 Å². The lowest BCUT2D eigenvalue weighted by molar-refractivity contribution is -0.379. The van der Waals surface area contributed by atoms with Crippen LogP contribution in [0, 0.1) is 0 Å². The maximum atomic E-state index is 13.6. The predicted octanol–water partition coefficient (Wildman–Crippen LogP) is 18.2. The number of ether oxygens (including phenoxy) is 6. The van der Waals surface area contributed by atoms with Crippen LogP contribution in [-0.4, -0.2) is 193 Å². The standard InChI is InChI=1S/C92H173NO18/c1-3-5-7-9-11-13-15-17-19-21-23-25-27-29-31-32-33-34-35-36-37-38-39-40-41-42-44-46-48-50-52-54-56-58-60-62-64-66-68-70-80(98)93-75(76(97)69-67-65-63-61-59-57-55-53-51-49-47-45-43-30-28-26-24-22-20-18-16-14-12-10-8-6-4-2)74-106-90-86(104)83(101)88(78(72-95)108-90)111-92-87(105)84(102)89(79(73-96)109-92)110-91-85(103)82(100)81(99)77(71-94)107-91/h15,17,21,23,27,29,75-79,81-92,94-97,99-105H,3-14,16,18-20,22,24-26,28,30-74H2,1-2H3,(H,93,98)/b17-15-,23-21-,29-27-. The summed E-state index contributed by atoms with van der Waals surface area (Å²) in [7, 11) is 0. The largest absolute Gasteiger partial charge is 0.394 e. The van der Waals surface area contributed by atoms with Crippen molar-refractivity contribution in [2.75, 3.05) is 26.4 Å². The molecular formula is C92H173NO18. The highest BCUT2D eigenvalue weighted by atomic mass is 16.8. The minimum atomic E-state index is -1.97. The first-order chi connectivity index (χ1) is 54.3. The van der Waals surface area contributed by atoms with Gasteiger partial charge in [-0.25, -0.2) is 0 Å². The van der Waals surface area contributed by atoms with Crippen molar-refractivity contribution in [3.8, 4) is 0 Å². The summed E-state index contributed by atoms with van der Waals surface area (Å²) < 4.78 is 34.6. The van der Waals surface area contributed by atoms with Gasteiger partial charge in [0.05, 0.1) is 38.6 Å². The molecule has 3 rings (SSSR count). The quantitative estimate of drug-likeness (QED) is 0.0199. The maximum Gasteiger partial charge on any atom is 0.220 e. The van der Waals surface area contributed by atoms with Gasteiger partial charge in [-0.1, -0.05) is 391 Å². The van der Waals surface area contributed by atoms with Crippen molar-refractivity contribution in [2.45, 2.75) is 516 Å². The highest BCUT2D eigenvalue weighted by molar-refractivity contribution is 5.76. The number of carbonyl (C=O) groups is 1. The monoisotopic (exact) mass is 1580 g/mol. The van der Waals surface area contributed by atoms with Crippen molar-refractivity contribution >= 4 is 5.91 Å². The zero-order valence-electron chi connectivity index (χ0n) is 70.7. The number of hydrogen-bond acceptors (Lipinski definition) is 18. The van der Waals surface area contributed by atoms with Crippen LogP contribution in [0.3, 0.4) is 0 Å². The van der Waals surface area contributed by atoms with E-state index in [4.69, 9.17) is 28.4 Å². The maximum absolute atomic E-state index is 13.6. The van der Waals surface area contributed by atoms with Crippen LogP contribution in [0.1, 0.15) is 412 Å².